The minimum atomic E-state index is -0.277. The van der Waals surface area contributed by atoms with Gasteiger partial charge in [0.05, 0.1) is 11.6 Å². The SMILES string of the molecule is Cn1nc(C(=O)NCc2ccc(C#N)cc2)c2c1C(=O)N(CC1(N3CCCCS3)CC1)CC2. The Morgan fingerprint density at radius 3 is 2.70 bits per heavy atom. The van der Waals surface area contributed by atoms with Crippen molar-refractivity contribution in [3.05, 3.63) is 52.3 Å². The van der Waals surface area contributed by atoms with Crippen LogP contribution < -0.4 is 5.32 Å². The van der Waals surface area contributed by atoms with Crippen molar-refractivity contribution in [1.29, 1.82) is 5.26 Å². The minimum Gasteiger partial charge on any atom is -0.347 e. The molecule has 2 fully saturated rings. The molecule has 2 amide bonds. The van der Waals surface area contributed by atoms with Gasteiger partial charge >= 0.3 is 0 Å². The summed E-state index contributed by atoms with van der Waals surface area (Å²) in [5.41, 5.74) is 3.22. The van der Waals surface area contributed by atoms with Crippen LogP contribution in [0, 0.1) is 11.3 Å². The van der Waals surface area contributed by atoms with Crippen molar-refractivity contribution in [2.45, 2.75) is 44.2 Å². The summed E-state index contributed by atoms with van der Waals surface area (Å²) >= 11 is 1.93. The fourth-order valence-corrected chi connectivity index (χ4v) is 6.15. The lowest BCUT2D eigenvalue weighted by molar-refractivity contribution is 0.0679. The highest BCUT2D eigenvalue weighted by atomic mass is 32.2. The lowest BCUT2D eigenvalue weighted by Crippen LogP contribution is -2.49. The summed E-state index contributed by atoms with van der Waals surface area (Å²) in [4.78, 5) is 28.2. The van der Waals surface area contributed by atoms with Gasteiger partial charge in [0.1, 0.15) is 5.69 Å². The second-order valence-electron chi connectivity index (χ2n) is 9.13. The van der Waals surface area contributed by atoms with Crippen LogP contribution in [-0.4, -0.2) is 61.7 Å². The highest BCUT2D eigenvalue weighted by Crippen LogP contribution is 2.47. The average molecular weight is 465 g/mol. The number of rotatable bonds is 6. The van der Waals surface area contributed by atoms with Gasteiger partial charge in [-0.05, 0) is 49.8 Å². The van der Waals surface area contributed by atoms with Crippen LogP contribution in [0.1, 0.15) is 63.4 Å². The fourth-order valence-electron chi connectivity index (χ4n) is 4.82. The number of fused-ring (bicyclic) bond motifs is 1. The minimum absolute atomic E-state index is 0.0225. The first-order valence-electron chi connectivity index (χ1n) is 11.5. The van der Waals surface area contributed by atoms with Crippen LogP contribution in [-0.2, 0) is 20.0 Å². The molecule has 172 valence electrons. The highest BCUT2D eigenvalue weighted by molar-refractivity contribution is 7.97. The number of hydrogen-bond acceptors (Lipinski definition) is 6. The topological polar surface area (TPSA) is 94.3 Å². The van der Waals surface area contributed by atoms with Gasteiger partial charge in [-0.3, -0.25) is 14.3 Å². The fraction of sp³-hybridized carbons (Fsp3) is 0.500. The summed E-state index contributed by atoms with van der Waals surface area (Å²) in [6, 6.07) is 9.19. The first kappa shape index (κ1) is 22.0. The number of aryl methyl sites for hydroxylation is 1. The van der Waals surface area contributed by atoms with Gasteiger partial charge in [-0.15, -0.1) is 0 Å². The van der Waals surface area contributed by atoms with Gasteiger partial charge in [0, 0.05) is 50.1 Å². The number of nitrogens with one attached hydrogen (secondary N) is 1. The second kappa shape index (κ2) is 8.84. The van der Waals surface area contributed by atoms with Gasteiger partial charge in [-0.25, -0.2) is 4.31 Å². The van der Waals surface area contributed by atoms with Gasteiger partial charge in [0.15, 0.2) is 5.69 Å². The molecule has 2 aromatic rings. The molecule has 0 unspecified atom stereocenters. The summed E-state index contributed by atoms with van der Waals surface area (Å²) in [7, 11) is 1.74. The zero-order valence-corrected chi connectivity index (χ0v) is 19.7. The maximum Gasteiger partial charge on any atom is 0.272 e. The summed E-state index contributed by atoms with van der Waals surface area (Å²) < 4.78 is 4.08. The molecule has 8 nitrogen and oxygen atoms in total. The van der Waals surface area contributed by atoms with Crippen molar-refractivity contribution in [3.63, 3.8) is 0 Å². The second-order valence-corrected chi connectivity index (χ2v) is 10.2. The predicted octanol–water partition coefficient (Wildman–Crippen LogP) is 2.50. The first-order chi connectivity index (χ1) is 16.0. The highest BCUT2D eigenvalue weighted by Gasteiger charge is 2.51. The summed E-state index contributed by atoms with van der Waals surface area (Å²) in [6.45, 7) is 2.82. The molecular weight excluding hydrogens is 436 g/mol. The lowest BCUT2D eigenvalue weighted by Gasteiger charge is -2.38. The molecule has 1 aliphatic carbocycles. The molecule has 0 spiro atoms. The van der Waals surface area contributed by atoms with E-state index in [9.17, 15) is 9.59 Å². The number of nitriles is 1. The molecule has 2 aliphatic heterocycles. The normalized spacial score (nSPS) is 19.6. The first-order valence-corrected chi connectivity index (χ1v) is 12.5. The summed E-state index contributed by atoms with van der Waals surface area (Å²) in [5, 5.41) is 16.2. The van der Waals surface area contributed by atoms with E-state index in [-0.39, 0.29) is 17.4 Å². The van der Waals surface area contributed by atoms with Crippen molar-refractivity contribution in [2.75, 3.05) is 25.4 Å². The molecule has 3 aliphatic rings. The van der Waals surface area contributed by atoms with Crippen LogP contribution in [0.25, 0.3) is 0 Å². The summed E-state index contributed by atoms with van der Waals surface area (Å²) in [6.07, 6.45) is 5.43. The Morgan fingerprint density at radius 2 is 2.03 bits per heavy atom. The number of hydrogen-bond donors (Lipinski definition) is 1. The molecule has 5 rings (SSSR count). The number of carbonyl (C=O) groups is 2. The molecule has 3 heterocycles. The van der Waals surface area contributed by atoms with Gasteiger partial charge < -0.3 is 10.2 Å². The molecule has 1 aromatic heterocycles. The Morgan fingerprint density at radius 1 is 1.24 bits per heavy atom. The molecule has 0 atom stereocenters. The number of benzene rings is 1. The standard InChI is InChI=1S/C24H28N6O2S/c1-28-21-19(20(27-28)22(31)26-15-18-6-4-17(14-25)5-7-18)8-12-29(23(21)32)16-24(9-10-24)30-11-2-3-13-33-30/h4-7H,2-3,8-13,15-16H2,1H3,(H,26,31). The molecular formula is C24H28N6O2S. The van der Waals surface area contributed by atoms with Gasteiger partial charge in [-0.1, -0.05) is 24.1 Å². The van der Waals surface area contributed by atoms with Crippen LogP contribution in [0.3, 0.4) is 0 Å². The van der Waals surface area contributed by atoms with Crippen molar-refractivity contribution in [2.24, 2.45) is 7.05 Å². The Hall–Kier alpha value is -2.83. The van der Waals surface area contributed by atoms with Crippen molar-refractivity contribution in [3.8, 4) is 6.07 Å². The monoisotopic (exact) mass is 464 g/mol. The van der Waals surface area contributed by atoms with Crippen LogP contribution in [0.2, 0.25) is 0 Å². The number of nitrogens with zero attached hydrogens (tertiary/aromatic N) is 5. The molecule has 1 saturated carbocycles. The van der Waals surface area contributed by atoms with E-state index in [1.54, 1.807) is 23.9 Å². The molecule has 33 heavy (non-hydrogen) atoms. The Kier molecular flexibility index (Phi) is 5.89. The summed E-state index contributed by atoms with van der Waals surface area (Å²) in [5.74, 6) is 0.870. The van der Waals surface area contributed by atoms with E-state index in [1.165, 1.54) is 18.6 Å². The van der Waals surface area contributed by atoms with Crippen LogP contribution >= 0.6 is 11.9 Å². The van der Waals surface area contributed by atoms with E-state index in [1.807, 2.05) is 29.0 Å². The van der Waals surface area contributed by atoms with Crippen molar-refractivity contribution >= 4 is 23.8 Å². The van der Waals surface area contributed by atoms with E-state index in [2.05, 4.69) is 20.8 Å². The van der Waals surface area contributed by atoms with E-state index >= 15 is 0 Å². The van der Waals surface area contributed by atoms with Crippen LogP contribution in [0.15, 0.2) is 24.3 Å². The molecule has 0 radical (unpaired) electrons. The largest absolute Gasteiger partial charge is 0.347 e. The van der Waals surface area contributed by atoms with E-state index in [0.717, 1.165) is 37.1 Å². The molecule has 9 heteroatoms. The predicted molar refractivity (Wildman–Crippen MR) is 126 cm³/mol. The molecule has 1 aromatic carbocycles. The zero-order valence-electron chi connectivity index (χ0n) is 18.8. The van der Waals surface area contributed by atoms with E-state index in [4.69, 9.17) is 5.26 Å². The molecule has 1 saturated heterocycles. The van der Waals surface area contributed by atoms with E-state index in [0.29, 0.717) is 36.5 Å². The van der Waals surface area contributed by atoms with E-state index < -0.39 is 0 Å². The van der Waals surface area contributed by atoms with Gasteiger partial charge in [0.2, 0.25) is 0 Å². The Balaban J connectivity index is 1.27. The number of aromatic nitrogens is 2. The smallest absolute Gasteiger partial charge is 0.272 e. The van der Waals surface area contributed by atoms with Crippen molar-refractivity contribution < 1.29 is 9.59 Å². The third-order valence-corrected chi connectivity index (χ3v) is 8.21. The average Bonchev–Trinajstić information content (AvgIpc) is 3.55. The van der Waals surface area contributed by atoms with Crippen LogP contribution in [0.4, 0.5) is 0 Å². The third kappa shape index (κ3) is 4.25. The Bertz CT molecular complexity index is 1110. The maximum atomic E-state index is 13.4. The van der Waals surface area contributed by atoms with Gasteiger partial charge in [-0.2, -0.15) is 10.4 Å². The van der Waals surface area contributed by atoms with Crippen LogP contribution in [0.5, 0.6) is 0 Å². The quantitative estimate of drug-likeness (QED) is 0.660. The molecule has 1 N–H and O–H groups in total. The molecule has 0 bridgehead atoms. The number of amides is 2. The number of carbonyl (C=O) groups excluding carboxylic acids is 2. The zero-order chi connectivity index (χ0) is 23.0. The third-order valence-electron chi connectivity index (χ3n) is 6.86. The maximum absolute atomic E-state index is 13.4. The van der Waals surface area contributed by atoms with Crippen molar-refractivity contribution in [1.82, 2.24) is 24.3 Å². The Labute approximate surface area is 198 Å². The van der Waals surface area contributed by atoms with Gasteiger partial charge in [0.25, 0.3) is 11.8 Å². The lowest BCUT2D eigenvalue weighted by atomic mass is 10.0.